The third-order valence-corrected chi connectivity index (χ3v) is 4.74. The van der Waals surface area contributed by atoms with Crippen LogP contribution >= 0.6 is 11.3 Å². The molecule has 4 nitrogen and oxygen atoms in total. The molecule has 20 heavy (non-hydrogen) atoms. The zero-order chi connectivity index (χ0) is 14.7. The molecule has 0 fully saturated rings. The van der Waals surface area contributed by atoms with Gasteiger partial charge in [-0.05, 0) is 38.6 Å². The average Bonchev–Trinajstić information content (AvgIpc) is 3.06. The maximum absolute atomic E-state index is 12.3. The van der Waals surface area contributed by atoms with Gasteiger partial charge in [0.25, 0.3) is 0 Å². The lowest BCUT2D eigenvalue weighted by Crippen LogP contribution is -2.29. The first kappa shape index (κ1) is 14.8. The van der Waals surface area contributed by atoms with Gasteiger partial charge in [-0.3, -0.25) is 4.79 Å². The molecule has 1 amide bonds. The van der Waals surface area contributed by atoms with E-state index in [9.17, 15) is 4.79 Å². The van der Waals surface area contributed by atoms with E-state index >= 15 is 0 Å². The highest BCUT2D eigenvalue weighted by molar-refractivity contribution is 7.10. The Labute approximate surface area is 123 Å². The van der Waals surface area contributed by atoms with E-state index in [1.165, 1.54) is 4.88 Å². The number of carbonyl (C=O) groups is 1. The molecule has 1 atom stereocenters. The van der Waals surface area contributed by atoms with Crippen molar-refractivity contribution in [2.75, 3.05) is 7.05 Å². The van der Waals surface area contributed by atoms with E-state index in [0.29, 0.717) is 12.8 Å². The van der Waals surface area contributed by atoms with Gasteiger partial charge in [0.15, 0.2) is 0 Å². The van der Waals surface area contributed by atoms with E-state index in [4.69, 9.17) is 4.52 Å². The van der Waals surface area contributed by atoms with Crippen LogP contribution in [0.2, 0.25) is 0 Å². The molecule has 0 aliphatic rings. The Morgan fingerprint density at radius 3 is 2.80 bits per heavy atom. The lowest BCUT2D eigenvalue weighted by molar-refractivity contribution is -0.131. The fourth-order valence-corrected chi connectivity index (χ4v) is 3.03. The monoisotopic (exact) mass is 292 g/mol. The Bertz CT molecular complexity index is 555. The quantitative estimate of drug-likeness (QED) is 0.847. The summed E-state index contributed by atoms with van der Waals surface area (Å²) in [7, 11) is 1.86. The van der Waals surface area contributed by atoms with Gasteiger partial charge in [-0.2, -0.15) is 0 Å². The van der Waals surface area contributed by atoms with Crippen molar-refractivity contribution in [3.05, 3.63) is 39.4 Å². The van der Waals surface area contributed by atoms with Crippen LogP contribution in [0.25, 0.3) is 0 Å². The minimum Gasteiger partial charge on any atom is -0.361 e. The normalized spacial score (nSPS) is 12.4. The highest BCUT2D eigenvalue weighted by Gasteiger charge is 2.19. The molecule has 2 aromatic rings. The summed E-state index contributed by atoms with van der Waals surface area (Å²) in [5.74, 6) is 0.954. The fraction of sp³-hybridized carbons (Fsp3) is 0.467. The molecule has 0 spiro atoms. The summed E-state index contributed by atoms with van der Waals surface area (Å²) in [5, 5.41) is 5.95. The first-order valence-electron chi connectivity index (χ1n) is 6.71. The molecular formula is C15H20N2O2S. The van der Waals surface area contributed by atoms with Gasteiger partial charge in [-0.15, -0.1) is 11.3 Å². The molecule has 2 heterocycles. The van der Waals surface area contributed by atoms with Crippen molar-refractivity contribution in [2.45, 2.75) is 39.7 Å². The maximum Gasteiger partial charge on any atom is 0.223 e. The van der Waals surface area contributed by atoms with E-state index < -0.39 is 0 Å². The molecule has 0 saturated carbocycles. The number of nitrogens with zero attached hydrogens (tertiary/aromatic N) is 2. The predicted octanol–water partition coefficient (Wildman–Crippen LogP) is 3.51. The second kappa shape index (κ2) is 6.22. The van der Waals surface area contributed by atoms with Crippen LogP contribution in [0, 0.1) is 13.8 Å². The Balaban J connectivity index is 1.95. The molecular weight excluding hydrogens is 272 g/mol. The summed E-state index contributed by atoms with van der Waals surface area (Å²) in [4.78, 5) is 15.3. The highest BCUT2D eigenvalue weighted by atomic mass is 32.1. The summed E-state index contributed by atoms with van der Waals surface area (Å²) in [6, 6.07) is 4.19. The molecule has 5 heteroatoms. The lowest BCUT2D eigenvalue weighted by atomic mass is 10.1. The summed E-state index contributed by atoms with van der Waals surface area (Å²) >= 11 is 1.68. The summed E-state index contributed by atoms with van der Waals surface area (Å²) in [6.45, 7) is 5.85. The van der Waals surface area contributed by atoms with Crippen molar-refractivity contribution in [2.24, 2.45) is 0 Å². The summed E-state index contributed by atoms with van der Waals surface area (Å²) in [6.07, 6.45) is 1.16. The second-order valence-corrected chi connectivity index (χ2v) is 5.98. The minimum absolute atomic E-state index is 0.118. The smallest absolute Gasteiger partial charge is 0.223 e. The van der Waals surface area contributed by atoms with Gasteiger partial charge in [0.1, 0.15) is 5.76 Å². The first-order chi connectivity index (χ1) is 9.50. The molecule has 2 rings (SSSR count). The molecule has 0 bridgehead atoms. The van der Waals surface area contributed by atoms with Gasteiger partial charge < -0.3 is 9.42 Å². The van der Waals surface area contributed by atoms with E-state index in [2.05, 4.69) is 18.1 Å². The van der Waals surface area contributed by atoms with Crippen LogP contribution in [0.5, 0.6) is 0 Å². The number of hydrogen-bond donors (Lipinski definition) is 0. The molecule has 0 unspecified atom stereocenters. The van der Waals surface area contributed by atoms with Crippen LogP contribution in [0.3, 0.4) is 0 Å². The number of aromatic nitrogens is 1. The molecule has 0 radical (unpaired) electrons. The van der Waals surface area contributed by atoms with Gasteiger partial charge in [-0.25, -0.2) is 0 Å². The molecule has 0 saturated heterocycles. The molecule has 0 aliphatic carbocycles. The van der Waals surface area contributed by atoms with E-state index in [1.54, 1.807) is 11.3 Å². The number of hydrogen-bond acceptors (Lipinski definition) is 4. The zero-order valence-electron chi connectivity index (χ0n) is 12.3. The molecule has 0 aromatic carbocycles. The molecule has 2 aromatic heterocycles. The van der Waals surface area contributed by atoms with Crippen LogP contribution in [0.4, 0.5) is 0 Å². The number of rotatable bonds is 5. The predicted molar refractivity (Wildman–Crippen MR) is 79.8 cm³/mol. The number of carbonyl (C=O) groups excluding carboxylic acids is 1. The van der Waals surface area contributed by atoms with Gasteiger partial charge in [0.05, 0.1) is 11.7 Å². The topological polar surface area (TPSA) is 46.3 Å². The van der Waals surface area contributed by atoms with Crippen LogP contribution in [0.1, 0.15) is 41.3 Å². The Morgan fingerprint density at radius 1 is 1.50 bits per heavy atom. The van der Waals surface area contributed by atoms with Crippen molar-refractivity contribution < 1.29 is 9.32 Å². The Hall–Kier alpha value is -1.62. The van der Waals surface area contributed by atoms with E-state index in [0.717, 1.165) is 17.0 Å². The largest absolute Gasteiger partial charge is 0.361 e. The number of aryl methyl sites for hydroxylation is 2. The number of amides is 1. The van der Waals surface area contributed by atoms with Crippen LogP contribution in [-0.4, -0.2) is 23.0 Å². The summed E-state index contributed by atoms with van der Waals surface area (Å²) < 4.78 is 5.12. The van der Waals surface area contributed by atoms with Crippen molar-refractivity contribution in [3.63, 3.8) is 0 Å². The number of thiophene rings is 1. The lowest BCUT2D eigenvalue weighted by Gasteiger charge is -2.24. The van der Waals surface area contributed by atoms with Crippen LogP contribution in [-0.2, 0) is 11.2 Å². The van der Waals surface area contributed by atoms with Gasteiger partial charge in [0, 0.05) is 23.9 Å². The summed E-state index contributed by atoms with van der Waals surface area (Å²) in [5.41, 5.74) is 1.93. The molecule has 0 N–H and O–H groups in total. The fourth-order valence-electron chi connectivity index (χ4n) is 2.20. The Kier molecular flexibility index (Phi) is 4.60. The van der Waals surface area contributed by atoms with Crippen molar-refractivity contribution >= 4 is 17.2 Å². The van der Waals surface area contributed by atoms with Gasteiger partial charge in [0.2, 0.25) is 5.91 Å². The second-order valence-electron chi connectivity index (χ2n) is 5.00. The first-order valence-corrected chi connectivity index (χ1v) is 7.59. The maximum atomic E-state index is 12.3. The van der Waals surface area contributed by atoms with Gasteiger partial charge >= 0.3 is 0 Å². The van der Waals surface area contributed by atoms with Gasteiger partial charge in [-0.1, -0.05) is 11.2 Å². The average molecular weight is 292 g/mol. The van der Waals surface area contributed by atoms with E-state index in [1.807, 2.05) is 37.2 Å². The molecule has 108 valence electrons. The third kappa shape index (κ3) is 3.10. The highest BCUT2D eigenvalue weighted by Crippen LogP contribution is 2.24. The van der Waals surface area contributed by atoms with Crippen molar-refractivity contribution in [1.82, 2.24) is 10.1 Å². The van der Waals surface area contributed by atoms with Crippen LogP contribution in [0.15, 0.2) is 22.0 Å². The minimum atomic E-state index is 0.118. The standard InChI is InChI=1S/C15H20N2O2S/c1-10-13(12(3)19-16-10)7-8-15(18)17(4)11(2)14-6-5-9-20-14/h5-6,9,11H,7-8H2,1-4H3/t11-/m1/s1. The van der Waals surface area contributed by atoms with Crippen molar-refractivity contribution in [1.29, 1.82) is 0 Å². The zero-order valence-corrected chi connectivity index (χ0v) is 13.2. The van der Waals surface area contributed by atoms with E-state index in [-0.39, 0.29) is 11.9 Å². The molecule has 0 aliphatic heterocycles. The van der Waals surface area contributed by atoms with Crippen LogP contribution < -0.4 is 0 Å². The Morgan fingerprint density at radius 2 is 2.25 bits per heavy atom. The SMILES string of the molecule is Cc1noc(C)c1CCC(=O)N(C)[C@H](C)c1cccs1. The third-order valence-electron chi connectivity index (χ3n) is 3.70. The van der Waals surface area contributed by atoms with Crippen molar-refractivity contribution in [3.8, 4) is 0 Å².